The van der Waals surface area contributed by atoms with Gasteiger partial charge in [0.2, 0.25) is 11.8 Å². The molecule has 0 spiro atoms. The Bertz CT molecular complexity index is 2050. The Labute approximate surface area is 322 Å². The topological polar surface area (TPSA) is 159 Å². The fourth-order valence-electron chi connectivity index (χ4n) is 8.74. The molecule has 3 saturated heterocycles. The first-order valence-electron chi connectivity index (χ1n) is 19.7. The molecule has 3 amide bonds. The molecular formula is C39H48F3N11O3. The quantitative estimate of drug-likeness (QED) is 0.197. The lowest BCUT2D eigenvalue weighted by Gasteiger charge is -2.37. The summed E-state index contributed by atoms with van der Waals surface area (Å²) < 4.78 is 45.7. The maximum atomic E-state index is 14.2. The van der Waals surface area contributed by atoms with Gasteiger partial charge in [-0.3, -0.25) is 29.3 Å². The van der Waals surface area contributed by atoms with Gasteiger partial charge in [-0.15, -0.1) is 0 Å². The van der Waals surface area contributed by atoms with Crippen LogP contribution in [0.15, 0.2) is 48.9 Å². The lowest BCUT2D eigenvalue weighted by atomic mass is 9.84. The summed E-state index contributed by atoms with van der Waals surface area (Å²) in [7, 11) is 0. The third kappa shape index (κ3) is 8.24. The number of nitrogens with two attached hydrogens (primary N) is 1. The van der Waals surface area contributed by atoms with Gasteiger partial charge in [0.15, 0.2) is 11.3 Å². The summed E-state index contributed by atoms with van der Waals surface area (Å²) >= 11 is 0. The number of imide groups is 1. The standard InChI is InChI=1S/C39H48F3N11O3/c40-26-19-27(43)22-51(21-26)33-11-13-52-37(46-33)31(20-44-52)39(56)45-32-23-53(48-35(32)36(41)42)28-6-4-24(5-7-28)10-12-49-14-16-50(17-15-49)29-3-1-2-25(18-29)30-8-9-34(54)47-38(30)55/h1-3,11,13,18,20,23-24,26-28,30,36H,4-10,12,14-17,19,21-22,43H2,(H,45,56)(H,47,54,55)/t24?,26-,27-,28?,30?/m1/s1. The van der Waals surface area contributed by atoms with Crippen molar-refractivity contribution in [3.05, 3.63) is 65.7 Å². The van der Waals surface area contributed by atoms with Gasteiger partial charge in [-0.25, -0.2) is 22.7 Å². The van der Waals surface area contributed by atoms with E-state index in [0.717, 1.165) is 76.1 Å². The highest BCUT2D eigenvalue weighted by Gasteiger charge is 2.31. The van der Waals surface area contributed by atoms with Gasteiger partial charge in [-0.2, -0.15) is 10.2 Å². The van der Waals surface area contributed by atoms with Crippen LogP contribution in [0.1, 0.15) is 91.4 Å². The van der Waals surface area contributed by atoms with Crippen LogP contribution in [-0.4, -0.2) is 105 Å². The minimum atomic E-state index is -2.89. The number of aromatic nitrogens is 5. The number of alkyl halides is 3. The molecule has 1 unspecified atom stereocenters. The normalized spacial score (nSPS) is 25.2. The summed E-state index contributed by atoms with van der Waals surface area (Å²) in [5, 5.41) is 13.5. The van der Waals surface area contributed by atoms with E-state index < -0.39 is 24.2 Å². The van der Waals surface area contributed by atoms with Gasteiger partial charge in [-0.1, -0.05) is 12.1 Å². The van der Waals surface area contributed by atoms with Crippen molar-refractivity contribution in [3.8, 4) is 0 Å². The Balaban J connectivity index is 0.828. The minimum Gasteiger partial charge on any atom is -0.369 e. The summed E-state index contributed by atoms with van der Waals surface area (Å²) in [5.74, 6) is -0.386. The lowest BCUT2D eigenvalue weighted by molar-refractivity contribution is -0.134. The first-order chi connectivity index (χ1) is 27.1. The van der Waals surface area contributed by atoms with Gasteiger partial charge < -0.3 is 20.9 Å². The highest BCUT2D eigenvalue weighted by atomic mass is 19.3. The SMILES string of the molecule is N[C@@H]1C[C@@H](F)CN(c2ccn3ncc(C(=O)Nc4cn(C5CCC(CCN6CCN(c7cccc(C8CCC(=O)NC8=O)c7)CC6)CC5)nc4C(F)F)c3n2)C1. The third-order valence-electron chi connectivity index (χ3n) is 11.9. The molecule has 4 aromatic rings. The van der Waals surface area contributed by atoms with E-state index in [0.29, 0.717) is 31.1 Å². The number of nitrogens with zero attached hydrogens (tertiary/aromatic N) is 8. The van der Waals surface area contributed by atoms with Crippen LogP contribution in [0.5, 0.6) is 0 Å². The molecular weight excluding hydrogens is 727 g/mol. The number of anilines is 3. The van der Waals surface area contributed by atoms with Crippen molar-refractivity contribution in [2.24, 2.45) is 11.7 Å². The van der Waals surface area contributed by atoms with Crippen LogP contribution >= 0.6 is 0 Å². The monoisotopic (exact) mass is 775 g/mol. The number of carbonyl (C=O) groups excluding carboxylic acids is 3. The third-order valence-corrected chi connectivity index (χ3v) is 11.9. The van der Waals surface area contributed by atoms with Crippen molar-refractivity contribution < 1.29 is 27.6 Å². The number of piperazine rings is 1. The van der Waals surface area contributed by atoms with E-state index in [1.165, 1.54) is 16.9 Å². The molecule has 6 heterocycles. The maximum absolute atomic E-state index is 14.2. The molecule has 8 rings (SSSR count). The number of fused-ring (bicyclic) bond motifs is 1. The molecule has 1 saturated carbocycles. The minimum absolute atomic E-state index is 0.0493. The highest BCUT2D eigenvalue weighted by Crippen LogP contribution is 2.36. The zero-order valence-electron chi connectivity index (χ0n) is 31.2. The molecule has 0 radical (unpaired) electrons. The fourth-order valence-corrected chi connectivity index (χ4v) is 8.74. The average molecular weight is 776 g/mol. The number of rotatable bonds is 10. The molecule has 4 N–H and O–H groups in total. The summed E-state index contributed by atoms with van der Waals surface area (Å²) in [6.07, 6.45) is 6.25. The van der Waals surface area contributed by atoms with Gasteiger partial charge in [-0.05, 0) is 81.2 Å². The molecule has 4 aliphatic rings. The van der Waals surface area contributed by atoms with Crippen molar-refractivity contribution in [3.63, 3.8) is 0 Å². The fraction of sp³-hybridized carbons (Fsp3) is 0.538. The molecule has 3 aliphatic heterocycles. The first-order valence-corrected chi connectivity index (χ1v) is 19.7. The predicted molar refractivity (Wildman–Crippen MR) is 204 cm³/mol. The number of hydrogen-bond donors (Lipinski definition) is 3. The van der Waals surface area contributed by atoms with Crippen molar-refractivity contribution in [2.75, 3.05) is 60.9 Å². The summed E-state index contributed by atoms with van der Waals surface area (Å²) in [5.41, 5.74) is 7.85. The second kappa shape index (κ2) is 16.2. The second-order valence-corrected chi connectivity index (χ2v) is 15.7. The molecule has 1 aromatic carbocycles. The molecule has 3 atom stereocenters. The average Bonchev–Trinajstić information content (AvgIpc) is 3.82. The Hall–Kier alpha value is -5.03. The lowest BCUT2D eigenvalue weighted by Crippen LogP contribution is -2.48. The van der Waals surface area contributed by atoms with Gasteiger partial charge in [0.25, 0.3) is 12.3 Å². The summed E-state index contributed by atoms with van der Waals surface area (Å²) in [6, 6.07) is 9.40. The van der Waals surface area contributed by atoms with Crippen molar-refractivity contribution in [1.82, 2.24) is 34.6 Å². The Morgan fingerprint density at radius 3 is 2.57 bits per heavy atom. The van der Waals surface area contributed by atoms with Crippen LogP contribution in [0, 0.1) is 5.92 Å². The van der Waals surface area contributed by atoms with Crippen LogP contribution in [0.4, 0.5) is 30.4 Å². The number of amides is 3. The van der Waals surface area contributed by atoms with Gasteiger partial charge >= 0.3 is 0 Å². The van der Waals surface area contributed by atoms with Crippen LogP contribution in [-0.2, 0) is 9.59 Å². The predicted octanol–water partition coefficient (Wildman–Crippen LogP) is 4.46. The number of carbonyl (C=O) groups is 3. The van der Waals surface area contributed by atoms with E-state index >= 15 is 0 Å². The van der Waals surface area contributed by atoms with E-state index in [4.69, 9.17) is 5.73 Å². The van der Waals surface area contributed by atoms with E-state index in [2.05, 4.69) is 47.7 Å². The van der Waals surface area contributed by atoms with Gasteiger partial charge in [0, 0.05) is 63.3 Å². The summed E-state index contributed by atoms with van der Waals surface area (Å²) in [4.78, 5) is 48.6. The zero-order valence-corrected chi connectivity index (χ0v) is 31.2. The van der Waals surface area contributed by atoms with Crippen LogP contribution in [0.25, 0.3) is 5.65 Å². The van der Waals surface area contributed by atoms with Crippen molar-refractivity contribution in [1.29, 1.82) is 0 Å². The Morgan fingerprint density at radius 2 is 1.82 bits per heavy atom. The van der Waals surface area contributed by atoms with Gasteiger partial charge in [0.05, 0.1) is 30.4 Å². The van der Waals surface area contributed by atoms with Crippen LogP contribution < -0.4 is 26.2 Å². The van der Waals surface area contributed by atoms with Gasteiger partial charge in [0.1, 0.15) is 17.6 Å². The Morgan fingerprint density at radius 1 is 1.02 bits per heavy atom. The Kier molecular flexibility index (Phi) is 11.0. The van der Waals surface area contributed by atoms with Crippen LogP contribution in [0.3, 0.4) is 0 Å². The number of piperidine rings is 2. The first kappa shape index (κ1) is 37.9. The molecule has 1 aliphatic carbocycles. The number of halogens is 3. The van der Waals surface area contributed by atoms with E-state index in [-0.39, 0.29) is 59.7 Å². The molecule has 298 valence electrons. The van der Waals surface area contributed by atoms with Crippen molar-refractivity contribution >= 4 is 40.6 Å². The van der Waals surface area contributed by atoms with E-state index in [9.17, 15) is 27.6 Å². The second-order valence-electron chi connectivity index (χ2n) is 15.7. The van der Waals surface area contributed by atoms with Crippen molar-refractivity contribution in [2.45, 2.75) is 82.0 Å². The molecule has 3 aromatic heterocycles. The van der Waals surface area contributed by atoms with Crippen LogP contribution in [0.2, 0.25) is 0 Å². The maximum Gasteiger partial charge on any atom is 0.284 e. The van der Waals surface area contributed by atoms with E-state index in [1.807, 2.05) is 12.1 Å². The molecule has 4 fully saturated rings. The smallest absolute Gasteiger partial charge is 0.284 e. The molecule has 17 heteroatoms. The molecule has 0 bridgehead atoms. The zero-order chi connectivity index (χ0) is 38.9. The number of nitrogens with one attached hydrogen (secondary N) is 2. The molecule has 14 nitrogen and oxygen atoms in total. The summed E-state index contributed by atoms with van der Waals surface area (Å²) in [6.45, 7) is 5.21. The number of benzene rings is 1. The highest BCUT2D eigenvalue weighted by molar-refractivity contribution is 6.08. The largest absolute Gasteiger partial charge is 0.369 e. The molecule has 56 heavy (non-hydrogen) atoms. The van der Waals surface area contributed by atoms with E-state index in [1.54, 1.807) is 21.8 Å². The number of hydrogen-bond acceptors (Lipinski definition) is 10.